The smallest absolute Gasteiger partial charge is 0.306 e. The van der Waals surface area contributed by atoms with Gasteiger partial charge in [-0.15, -0.1) is 0 Å². The monoisotopic (exact) mass is 348 g/mol. The van der Waals surface area contributed by atoms with Gasteiger partial charge in [-0.05, 0) is 30.7 Å². The van der Waals surface area contributed by atoms with Crippen LogP contribution in [0.25, 0.3) is 11.0 Å². The van der Waals surface area contributed by atoms with Crippen molar-refractivity contribution in [3.8, 4) is 0 Å². The van der Waals surface area contributed by atoms with Crippen LogP contribution in [0.1, 0.15) is 5.56 Å². The Morgan fingerprint density at radius 1 is 1.08 bits per heavy atom. The Morgan fingerprint density at radius 2 is 1.79 bits per heavy atom. The van der Waals surface area contributed by atoms with Crippen LogP contribution in [0.3, 0.4) is 0 Å². The molecule has 0 atom stereocenters. The summed E-state index contributed by atoms with van der Waals surface area (Å²) in [6.45, 7) is 1.63. The number of nitrogens with one attached hydrogen (secondary N) is 3. The highest BCUT2D eigenvalue weighted by molar-refractivity contribution is 7.92. The van der Waals surface area contributed by atoms with Gasteiger partial charge in [-0.1, -0.05) is 6.07 Å². The lowest BCUT2D eigenvalue weighted by atomic mass is 10.2. The molecule has 0 fully saturated rings. The van der Waals surface area contributed by atoms with Gasteiger partial charge in [-0.25, -0.2) is 13.2 Å². The number of hydrogen-bond donors (Lipinski definition) is 3. The highest BCUT2D eigenvalue weighted by atomic mass is 32.2. The van der Waals surface area contributed by atoms with Crippen molar-refractivity contribution in [2.75, 3.05) is 4.72 Å². The minimum atomic E-state index is -3.97. The number of benzene rings is 2. The van der Waals surface area contributed by atoms with Crippen LogP contribution < -0.4 is 10.4 Å². The molecule has 3 aromatic rings. The summed E-state index contributed by atoms with van der Waals surface area (Å²) >= 11 is 0. The lowest BCUT2D eigenvalue weighted by Gasteiger charge is -2.10. The fourth-order valence-corrected chi connectivity index (χ4v) is 3.36. The third-order valence-corrected chi connectivity index (χ3v) is 4.84. The van der Waals surface area contributed by atoms with Crippen molar-refractivity contribution in [3.05, 3.63) is 62.6 Å². The van der Waals surface area contributed by atoms with Crippen LogP contribution in [0.5, 0.6) is 0 Å². The Morgan fingerprint density at radius 3 is 2.50 bits per heavy atom. The molecule has 0 aliphatic rings. The Balaban J connectivity index is 2.02. The van der Waals surface area contributed by atoms with Crippen LogP contribution in [0.2, 0.25) is 0 Å². The maximum Gasteiger partial charge on any atom is 0.323 e. The van der Waals surface area contributed by atoms with Gasteiger partial charge in [0.15, 0.2) is 0 Å². The molecule has 2 aromatic carbocycles. The first-order valence-corrected chi connectivity index (χ1v) is 8.24. The number of non-ortho nitro benzene ring substituents is 1. The predicted molar refractivity (Wildman–Crippen MR) is 87.6 cm³/mol. The van der Waals surface area contributed by atoms with E-state index in [1.807, 2.05) is 0 Å². The minimum absolute atomic E-state index is 0.0730. The second kappa shape index (κ2) is 5.49. The van der Waals surface area contributed by atoms with Crippen molar-refractivity contribution in [2.24, 2.45) is 0 Å². The number of aromatic nitrogens is 2. The third-order valence-electron chi connectivity index (χ3n) is 3.47. The largest absolute Gasteiger partial charge is 0.323 e. The number of rotatable bonds is 4. The number of aryl methyl sites for hydroxylation is 1. The first-order valence-electron chi connectivity index (χ1n) is 6.76. The zero-order valence-corrected chi connectivity index (χ0v) is 13.2. The van der Waals surface area contributed by atoms with Crippen molar-refractivity contribution < 1.29 is 13.3 Å². The number of imidazole rings is 1. The number of aromatic amines is 2. The maximum atomic E-state index is 12.5. The highest BCUT2D eigenvalue weighted by Crippen LogP contribution is 2.25. The topological polar surface area (TPSA) is 138 Å². The number of nitro benzene ring substituents is 1. The number of fused-ring (bicyclic) bond motifs is 1. The average molecular weight is 348 g/mol. The van der Waals surface area contributed by atoms with E-state index in [4.69, 9.17) is 0 Å². The molecule has 0 saturated carbocycles. The summed E-state index contributed by atoms with van der Waals surface area (Å²) in [4.78, 5) is 26.4. The maximum absolute atomic E-state index is 12.5. The molecule has 0 bridgehead atoms. The predicted octanol–water partition coefficient (Wildman–Crippen LogP) is 1.87. The van der Waals surface area contributed by atoms with Crippen molar-refractivity contribution in [3.63, 3.8) is 0 Å². The Bertz CT molecular complexity index is 1110. The lowest BCUT2D eigenvalue weighted by Crippen LogP contribution is -2.14. The van der Waals surface area contributed by atoms with E-state index in [1.54, 1.807) is 6.92 Å². The summed E-state index contributed by atoms with van der Waals surface area (Å²) in [6, 6.07) is 8.02. The standard InChI is InChI=1S/C14H12N4O5S/c1-8-2-3-9(18(20)21)6-12(8)17-24(22,23)10-4-5-11-13(7-10)16-14(19)15-11/h2-7,17H,1H3,(H2,15,16,19). The molecule has 1 aromatic heterocycles. The SMILES string of the molecule is Cc1ccc([N+](=O)[O-])cc1NS(=O)(=O)c1ccc2[nH]c(=O)[nH]c2c1. The molecule has 24 heavy (non-hydrogen) atoms. The van der Waals surface area contributed by atoms with E-state index in [-0.39, 0.29) is 16.3 Å². The molecule has 10 heteroatoms. The van der Waals surface area contributed by atoms with Gasteiger partial charge in [-0.3, -0.25) is 14.8 Å². The van der Waals surface area contributed by atoms with E-state index in [9.17, 15) is 23.3 Å². The van der Waals surface area contributed by atoms with Gasteiger partial charge >= 0.3 is 5.69 Å². The number of nitrogens with zero attached hydrogens (tertiary/aromatic N) is 1. The molecule has 3 N–H and O–H groups in total. The molecule has 0 unspecified atom stereocenters. The van der Waals surface area contributed by atoms with Crippen LogP contribution in [0.4, 0.5) is 11.4 Å². The quantitative estimate of drug-likeness (QED) is 0.488. The molecule has 0 radical (unpaired) electrons. The summed E-state index contributed by atoms with van der Waals surface area (Å²) in [6.07, 6.45) is 0. The normalized spacial score (nSPS) is 11.5. The Hall–Kier alpha value is -3.14. The number of H-pyrrole nitrogens is 2. The fraction of sp³-hybridized carbons (Fsp3) is 0.0714. The molecule has 9 nitrogen and oxygen atoms in total. The van der Waals surface area contributed by atoms with Crippen LogP contribution >= 0.6 is 0 Å². The Kier molecular flexibility index (Phi) is 3.60. The molecule has 0 saturated heterocycles. The van der Waals surface area contributed by atoms with E-state index >= 15 is 0 Å². The van der Waals surface area contributed by atoms with E-state index in [0.29, 0.717) is 16.6 Å². The summed E-state index contributed by atoms with van der Waals surface area (Å²) in [5, 5.41) is 10.8. The number of anilines is 1. The number of nitro groups is 1. The van der Waals surface area contributed by atoms with Crippen molar-refractivity contribution in [1.29, 1.82) is 0 Å². The molecule has 0 spiro atoms. The number of hydrogen-bond acceptors (Lipinski definition) is 5. The van der Waals surface area contributed by atoms with Gasteiger partial charge in [0.05, 0.1) is 26.5 Å². The second-order valence-corrected chi connectivity index (χ2v) is 6.83. The molecule has 124 valence electrons. The molecule has 3 rings (SSSR count). The summed E-state index contributed by atoms with van der Waals surface area (Å²) in [5.41, 5.74) is 0.821. The first-order chi connectivity index (χ1) is 11.3. The van der Waals surface area contributed by atoms with Gasteiger partial charge in [0.25, 0.3) is 15.7 Å². The summed E-state index contributed by atoms with van der Waals surface area (Å²) in [5.74, 6) is 0. The Labute approximate surface area is 135 Å². The fourth-order valence-electron chi connectivity index (χ4n) is 2.22. The first kappa shape index (κ1) is 15.7. The van der Waals surface area contributed by atoms with Crippen molar-refractivity contribution in [1.82, 2.24) is 9.97 Å². The second-order valence-electron chi connectivity index (χ2n) is 5.15. The highest BCUT2D eigenvalue weighted by Gasteiger charge is 2.18. The zero-order chi connectivity index (χ0) is 17.5. The summed E-state index contributed by atoms with van der Waals surface area (Å²) in [7, 11) is -3.97. The lowest BCUT2D eigenvalue weighted by molar-refractivity contribution is -0.384. The van der Waals surface area contributed by atoms with Crippen molar-refractivity contribution in [2.45, 2.75) is 11.8 Å². The van der Waals surface area contributed by atoms with Crippen LogP contribution in [0.15, 0.2) is 46.1 Å². The van der Waals surface area contributed by atoms with Crippen molar-refractivity contribution >= 4 is 32.4 Å². The molecular weight excluding hydrogens is 336 g/mol. The van der Waals surface area contributed by atoms with Gasteiger partial charge in [-0.2, -0.15) is 0 Å². The van der Waals surface area contributed by atoms with E-state index in [2.05, 4.69) is 14.7 Å². The van der Waals surface area contributed by atoms with Gasteiger partial charge in [0.1, 0.15) is 0 Å². The molecule has 1 heterocycles. The molecule has 0 aliphatic heterocycles. The molecule has 0 aliphatic carbocycles. The van der Waals surface area contributed by atoms with Gasteiger partial charge in [0.2, 0.25) is 0 Å². The van der Waals surface area contributed by atoms with E-state index in [0.717, 1.165) is 6.07 Å². The zero-order valence-electron chi connectivity index (χ0n) is 12.4. The van der Waals surface area contributed by atoms with Gasteiger partial charge < -0.3 is 9.97 Å². The summed E-state index contributed by atoms with van der Waals surface area (Å²) < 4.78 is 27.3. The van der Waals surface area contributed by atoms with Crippen LogP contribution in [-0.2, 0) is 10.0 Å². The van der Waals surface area contributed by atoms with E-state index in [1.165, 1.54) is 30.3 Å². The van der Waals surface area contributed by atoms with Gasteiger partial charge in [0, 0.05) is 12.1 Å². The van der Waals surface area contributed by atoms with E-state index < -0.39 is 20.6 Å². The number of sulfonamides is 1. The molecule has 0 amide bonds. The van der Waals surface area contributed by atoms with Crippen LogP contribution in [0, 0.1) is 17.0 Å². The minimum Gasteiger partial charge on any atom is -0.306 e. The third kappa shape index (κ3) is 2.86. The van der Waals surface area contributed by atoms with Crippen LogP contribution in [-0.4, -0.2) is 23.3 Å². The molecular formula is C14H12N4O5S. The average Bonchev–Trinajstić information content (AvgIpc) is 2.88.